The van der Waals surface area contributed by atoms with Crippen molar-refractivity contribution in [2.75, 3.05) is 7.11 Å². The molecule has 1 aromatic heterocycles. The fraction of sp³-hybridized carbons (Fsp3) is 0.615. The number of rotatable bonds is 5. The van der Waals surface area contributed by atoms with E-state index >= 15 is 0 Å². The van der Waals surface area contributed by atoms with Gasteiger partial charge < -0.3 is 10.5 Å². The maximum absolute atomic E-state index is 11.7. The number of ether oxygens (including phenoxy) is 1. The first-order valence-electron chi connectivity index (χ1n) is 5.81. The van der Waals surface area contributed by atoms with Gasteiger partial charge in [-0.25, -0.2) is 0 Å². The highest BCUT2D eigenvalue weighted by atomic mass is 32.1. The standard InChI is InChI=1S/C13H21NO2S/c1-9(2)13(10(3)14,8-12(15)16-4)11-6-5-7-17-11/h5-7,9-10H,8,14H2,1-4H3. The van der Waals surface area contributed by atoms with Crippen molar-refractivity contribution in [1.82, 2.24) is 0 Å². The van der Waals surface area contributed by atoms with Crippen molar-refractivity contribution in [3.8, 4) is 0 Å². The molecule has 0 radical (unpaired) electrons. The van der Waals surface area contributed by atoms with Crippen molar-refractivity contribution in [2.24, 2.45) is 11.7 Å². The second-order valence-corrected chi connectivity index (χ2v) is 5.66. The zero-order valence-corrected chi connectivity index (χ0v) is 11.7. The summed E-state index contributed by atoms with van der Waals surface area (Å²) in [6, 6.07) is 3.95. The average Bonchev–Trinajstić information content (AvgIpc) is 2.77. The molecule has 1 rings (SSSR count). The van der Waals surface area contributed by atoms with Gasteiger partial charge in [0.1, 0.15) is 0 Å². The SMILES string of the molecule is COC(=O)CC(c1cccs1)(C(C)C)C(C)N. The normalized spacial score (nSPS) is 16.6. The molecular formula is C13H21NO2S. The molecule has 0 saturated heterocycles. The molecule has 96 valence electrons. The molecule has 17 heavy (non-hydrogen) atoms. The van der Waals surface area contributed by atoms with Crippen molar-refractivity contribution in [2.45, 2.75) is 38.6 Å². The lowest BCUT2D eigenvalue weighted by Gasteiger charge is -2.39. The van der Waals surface area contributed by atoms with Gasteiger partial charge in [-0.15, -0.1) is 11.3 Å². The van der Waals surface area contributed by atoms with Crippen molar-refractivity contribution >= 4 is 17.3 Å². The van der Waals surface area contributed by atoms with Gasteiger partial charge in [0.2, 0.25) is 0 Å². The molecule has 0 spiro atoms. The second-order valence-electron chi connectivity index (χ2n) is 4.71. The Morgan fingerprint density at radius 1 is 1.53 bits per heavy atom. The third kappa shape index (κ3) is 2.69. The van der Waals surface area contributed by atoms with Crippen LogP contribution in [-0.4, -0.2) is 19.1 Å². The van der Waals surface area contributed by atoms with Crippen molar-refractivity contribution in [3.63, 3.8) is 0 Å². The monoisotopic (exact) mass is 255 g/mol. The molecule has 2 unspecified atom stereocenters. The molecule has 0 aromatic carbocycles. The lowest BCUT2D eigenvalue weighted by atomic mass is 9.68. The number of esters is 1. The Kier molecular flexibility index (Phi) is 4.71. The van der Waals surface area contributed by atoms with Crippen LogP contribution in [-0.2, 0) is 14.9 Å². The van der Waals surface area contributed by atoms with E-state index in [2.05, 4.69) is 19.9 Å². The van der Waals surface area contributed by atoms with E-state index in [1.807, 2.05) is 18.4 Å². The number of thiophene rings is 1. The molecular weight excluding hydrogens is 234 g/mol. The van der Waals surface area contributed by atoms with Crippen LogP contribution in [0.1, 0.15) is 32.1 Å². The third-order valence-corrected chi connectivity index (χ3v) is 4.55. The molecule has 1 aromatic rings. The Hall–Kier alpha value is -0.870. The largest absolute Gasteiger partial charge is 0.469 e. The first-order chi connectivity index (χ1) is 7.95. The number of carbonyl (C=O) groups is 1. The lowest BCUT2D eigenvalue weighted by Crippen LogP contribution is -2.48. The number of carbonyl (C=O) groups excluding carboxylic acids is 1. The molecule has 0 saturated carbocycles. The predicted molar refractivity (Wildman–Crippen MR) is 71.1 cm³/mol. The van der Waals surface area contributed by atoms with Gasteiger partial charge in [-0.1, -0.05) is 19.9 Å². The van der Waals surface area contributed by atoms with Crippen LogP contribution >= 0.6 is 11.3 Å². The van der Waals surface area contributed by atoms with Crippen LogP contribution in [0.3, 0.4) is 0 Å². The fourth-order valence-corrected chi connectivity index (χ4v) is 3.52. The van der Waals surface area contributed by atoms with Gasteiger partial charge in [0, 0.05) is 16.3 Å². The Balaban J connectivity index is 3.19. The maximum Gasteiger partial charge on any atom is 0.306 e. The lowest BCUT2D eigenvalue weighted by molar-refractivity contribution is -0.142. The van der Waals surface area contributed by atoms with Gasteiger partial charge in [-0.3, -0.25) is 4.79 Å². The summed E-state index contributed by atoms with van der Waals surface area (Å²) < 4.78 is 4.81. The first-order valence-corrected chi connectivity index (χ1v) is 6.69. The number of nitrogens with two attached hydrogens (primary N) is 1. The molecule has 4 heteroatoms. The number of methoxy groups -OCH3 is 1. The number of hydrogen-bond donors (Lipinski definition) is 1. The minimum Gasteiger partial charge on any atom is -0.469 e. The van der Waals surface area contributed by atoms with E-state index in [-0.39, 0.29) is 23.3 Å². The van der Waals surface area contributed by atoms with Gasteiger partial charge in [-0.05, 0) is 24.3 Å². The molecule has 1 heterocycles. The Morgan fingerprint density at radius 3 is 2.53 bits per heavy atom. The van der Waals surface area contributed by atoms with Crippen molar-refractivity contribution < 1.29 is 9.53 Å². The minimum atomic E-state index is -0.332. The van der Waals surface area contributed by atoms with E-state index in [9.17, 15) is 4.79 Å². The Bertz CT molecular complexity index is 350. The third-order valence-electron chi connectivity index (χ3n) is 3.49. The van der Waals surface area contributed by atoms with E-state index in [0.717, 1.165) is 4.88 Å². The molecule has 0 bridgehead atoms. The predicted octanol–water partition coefficient (Wildman–Crippen LogP) is 2.55. The average molecular weight is 255 g/mol. The summed E-state index contributed by atoms with van der Waals surface area (Å²) in [5.41, 5.74) is 5.83. The summed E-state index contributed by atoms with van der Waals surface area (Å²) in [6.45, 7) is 6.17. The van der Waals surface area contributed by atoms with E-state index in [1.54, 1.807) is 11.3 Å². The summed E-state index contributed by atoms with van der Waals surface area (Å²) in [5.74, 6) is 0.0737. The van der Waals surface area contributed by atoms with Crippen LogP contribution < -0.4 is 5.73 Å². The molecule has 0 aliphatic carbocycles. The van der Waals surface area contributed by atoms with E-state index in [4.69, 9.17) is 10.5 Å². The van der Waals surface area contributed by atoms with Crippen molar-refractivity contribution in [1.29, 1.82) is 0 Å². The molecule has 0 amide bonds. The molecule has 3 nitrogen and oxygen atoms in total. The van der Waals surface area contributed by atoms with Crippen LogP contribution in [0.4, 0.5) is 0 Å². The van der Waals surface area contributed by atoms with E-state index < -0.39 is 0 Å². The van der Waals surface area contributed by atoms with Crippen LogP contribution in [0.5, 0.6) is 0 Å². The maximum atomic E-state index is 11.7. The minimum absolute atomic E-state index is 0.0970. The van der Waals surface area contributed by atoms with Crippen LogP contribution in [0.25, 0.3) is 0 Å². The van der Waals surface area contributed by atoms with Crippen LogP contribution in [0.2, 0.25) is 0 Å². The van der Waals surface area contributed by atoms with Gasteiger partial charge in [0.05, 0.1) is 13.5 Å². The fourth-order valence-electron chi connectivity index (χ4n) is 2.34. The van der Waals surface area contributed by atoms with E-state index in [1.165, 1.54) is 7.11 Å². The zero-order chi connectivity index (χ0) is 13.1. The molecule has 0 aliphatic rings. The van der Waals surface area contributed by atoms with Gasteiger partial charge in [-0.2, -0.15) is 0 Å². The Morgan fingerprint density at radius 2 is 2.18 bits per heavy atom. The highest BCUT2D eigenvalue weighted by Gasteiger charge is 2.42. The summed E-state index contributed by atoms with van der Waals surface area (Å²) in [5, 5.41) is 2.02. The second kappa shape index (κ2) is 5.65. The highest BCUT2D eigenvalue weighted by molar-refractivity contribution is 7.10. The molecule has 2 N–H and O–H groups in total. The summed E-state index contributed by atoms with van der Waals surface area (Å²) >= 11 is 1.65. The highest BCUT2D eigenvalue weighted by Crippen LogP contribution is 2.41. The quantitative estimate of drug-likeness (QED) is 0.823. The topological polar surface area (TPSA) is 52.3 Å². The van der Waals surface area contributed by atoms with Gasteiger partial charge in [0.15, 0.2) is 0 Å². The van der Waals surface area contributed by atoms with Gasteiger partial charge >= 0.3 is 5.97 Å². The number of hydrogen-bond acceptors (Lipinski definition) is 4. The summed E-state index contributed by atoms with van der Waals surface area (Å²) in [6.07, 6.45) is 0.333. The first kappa shape index (κ1) is 14.2. The smallest absolute Gasteiger partial charge is 0.306 e. The molecule has 0 aliphatic heterocycles. The Labute approximate surface area is 107 Å². The van der Waals surface area contributed by atoms with E-state index in [0.29, 0.717) is 6.42 Å². The molecule has 0 fully saturated rings. The van der Waals surface area contributed by atoms with Crippen LogP contribution in [0.15, 0.2) is 17.5 Å². The zero-order valence-electron chi connectivity index (χ0n) is 10.9. The van der Waals surface area contributed by atoms with Crippen molar-refractivity contribution in [3.05, 3.63) is 22.4 Å². The molecule has 2 atom stereocenters. The summed E-state index contributed by atoms with van der Waals surface area (Å²) in [4.78, 5) is 12.8. The van der Waals surface area contributed by atoms with Gasteiger partial charge in [0.25, 0.3) is 0 Å². The van der Waals surface area contributed by atoms with Crippen LogP contribution in [0, 0.1) is 5.92 Å². The summed E-state index contributed by atoms with van der Waals surface area (Å²) in [7, 11) is 1.42.